The van der Waals surface area contributed by atoms with E-state index in [0.717, 1.165) is 29.1 Å². The van der Waals surface area contributed by atoms with Gasteiger partial charge in [0, 0.05) is 19.2 Å². The van der Waals surface area contributed by atoms with E-state index in [1.54, 1.807) is 7.11 Å². The lowest BCUT2D eigenvalue weighted by Gasteiger charge is -2.27. The van der Waals surface area contributed by atoms with E-state index in [1.807, 2.05) is 18.2 Å². The number of rotatable bonds is 3. The molecule has 14 heavy (non-hydrogen) atoms. The molecule has 0 spiro atoms. The first kappa shape index (κ1) is 9.80. The summed E-state index contributed by atoms with van der Waals surface area (Å²) >= 11 is 3.39. The van der Waals surface area contributed by atoms with E-state index in [2.05, 4.69) is 21.2 Å². The Balaban J connectivity index is 2.09. The fourth-order valence-electron chi connectivity index (χ4n) is 1.25. The van der Waals surface area contributed by atoms with E-state index in [9.17, 15) is 0 Å². The maximum atomic E-state index is 5.68. The van der Waals surface area contributed by atoms with Crippen molar-refractivity contribution in [3.05, 3.63) is 22.7 Å². The Labute approximate surface area is 91.5 Å². The van der Waals surface area contributed by atoms with Gasteiger partial charge in [-0.3, -0.25) is 0 Å². The highest BCUT2D eigenvalue weighted by atomic mass is 79.9. The van der Waals surface area contributed by atoms with Gasteiger partial charge in [0.1, 0.15) is 17.6 Å². The number of nitrogens with one attached hydrogen (secondary N) is 1. The molecule has 0 atom stereocenters. The minimum absolute atomic E-state index is 0.306. The van der Waals surface area contributed by atoms with Crippen LogP contribution in [-0.2, 0) is 0 Å². The zero-order chi connectivity index (χ0) is 9.97. The summed E-state index contributed by atoms with van der Waals surface area (Å²) in [6.07, 6.45) is 0.306. The van der Waals surface area contributed by atoms with Crippen LogP contribution in [0, 0.1) is 0 Å². The van der Waals surface area contributed by atoms with Crippen molar-refractivity contribution < 1.29 is 9.47 Å². The minimum Gasteiger partial charge on any atom is -0.495 e. The van der Waals surface area contributed by atoms with Crippen molar-refractivity contribution in [2.75, 3.05) is 20.2 Å². The second-order valence-electron chi connectivity index (χ2n) is 3.19. The molecule has 1 aromatic carbocycles. The molecular weight excluding hydrogens is 246 g/mol. The third kappa shape index (κ3) is 2.01. The Bertz CT molecular complexity index is 326. The lowest BCUT2D eigenvalue weighted by atomic mass is 10.2. The van der Waals surface area contributed by atoms with Crippen LogP contribution in [0.1, 0.15) is 0 Å². The molecule has 1 heterocycles. The van der Waals surface area contributed by atoms with Gasteiger partial charge >= 0.3 is 0 Å². The van der Waals surface area contributed by atoms with Gasteiger partial charge in [-0.2, -0.15) is 0 Å². The highest BCUT2D eigenvalue weighted by Gasteiger charge is 2.18. The predicted molar refractivity (Wildman–Crippen MR) is 58.0 cm³/mol. The van der Waals surface area contributed by atoms with Crippen LogP contribution in [0.2, 0.25) is 0 Å². The van der Waals surface area contributed by atoms with E-state index >= 15 is 0 Å². The fraction of sp³-hybridized carbons (Fsp3) is 0.400. The number of halogens is 1. The number of ether oxygens (including phenoxy) is 2. The number of hydrogen-bond donors (Lipinski definition) is 1. The summed E-state index contributed by atoms with van der Waals surface area (Å²) in [5.41, 5.74) is 0. The van der Waals surface area contributed by atoms with Crippen LogP contribution in [0.5, 0.6) is 11.5 Å². The monoisotopic (exact) mass is 257 g/mol. The molecule has 0 radical (unpaired) electrons. The molecular formula is C10H12BrNO2. The molecule has 0 saturated carbocycles. The lowest BCUT2D eigenvalue weighted by Crippen LogP contribution is -2.50. The van der Waals surface area contributed by atoms with Crippen molar-refractivity contribution in [2.45, 2.75) is 6.10 Å². The van der Waals surface area contributed by atoms with Crippen LogP contribution >= 0.6 is 15.9 Å². The molecule has 0 aliphatic carbocycles. The smallest absolute Gasteiger partial charge is 0.136 e. The summed E-state index contributed by atoms with van der Waals surface area (Å²) in [6.45, 7) is 1.86. The summed E-state index contributed by atoms with van der Waals surface area (Å²) in [5, 5.41) is 3.16. The third-order valence-electron chi connectivity index (χ3n) is 2.17. The van der Waals surface area contributed by atoms with Gasteiger partial charge in [-0.1, -0.05) is 0 Å². The Hall–Kier alpha value is -0.740. The first-order valence-electron chi connectivity index (χ1n) is 4.50. The van der Waals surface area contributed by atoms with Crippen LogP contribution in [0.3, 0.4) is 0 Å². The quantitative estimate of drug-likeness (QED) is 0.896. The molecule has 1 aliphatic heterocycles. The van der Waals surface area contributed by atoms with E-state index in [0.29, 0.717) is 6.10 Å². The normalized spacial score (nSPS) is 16.1. The second kappa shape index (κ2) is 4.19. The van der Waals surface area contributed by atoms with E-state index in [-0.39, 0.29) is 0 Å². The van der Waals surface area contributed by atoms with E-state index in [4.69, 9.17) is 9.47 Å². The first-order chi connectivity index (χ1) is 6.79. The van der Waals surface area contributed by atoms with Gasteiger partial charge in [0.05, 0.1) is 11.6 Å². The maximum Gasteiger partial charge on any atom is 0.136 e. The Morgan fingerprint density at radius 2 is 2.21 bits per heavy atom. The van der Waals surface area contributed by atoms with Crippen LogP contribution in [0.15, 0.2) is 22.7 Å². The van der Waals surface area contributed by atoms with Gasteiger partial charge in [-0.25, -0.2) is 0 Å². The molecule has 4 heteroatoms. The largest absolute Gasteiger partial charge is 0.495 e. The van der Waals surface area contributed by atoms with E-state index < -0.39 is 0 Å². The Morgan fingerprint density at radius 1 is 1.43 bits per heavy atom. The van der Waals surface area contributed by atoms with E-state index in [1.165, 1.54) is 0 Å². The summed E-state index contributed by atoms with van der Waals surface area (Å²) in [5.74, 6) is 1.66. The topological polar surface area (TPSA) is 30.5 Å². The fourth-order valence-corrected chi connectivity index (χ4v) is 1.66. The molecule has 0 bridgehead atoms. The van der Waals surface area contributed by atoms with Gasteiger partial charge < -0.3 is 14.8 Å². The van der Waals surface area contributed by atoms with Gasteiger partial charge in [0.2, 0.25) is 0 Å². The molecule has 1 aliphatic rings. The van der Waals surface area contributed by atoms with Gasteiger partial charge in [0.15, 0.2) is 0 Å². The third-order valence-corrected chi connectivity index (χ3v) is 2.82. The molecule has 0 amide bonds. The van der Waals surface area contributed by atoms with Crippen molar-refractivity contribution in [1.29, 1.82) is 0 Å². The molecule has 76 valence electrons. The van der Waals surface area contributed by atoms with Crippen molar-refractivity contribution in [1.82, 2.24) is 5.32 Å². The minimum atomic E-state index is 0.306. The van der Waals surface area contributed by atoms with Crippen LogP contribution in [-0.4, -0.2) is 26.3 Å². The summed E-state index contributed by atoms with van der Waals surface area (Å²) in [7, 11) is 1.65. The molecule has 1 saturated heterocycles. The first-order valence-corrected chi connectivity index (χ1v) is 5.30. The van der Waals surface area contributed by atoms with Crippen molar-refractivity contribution in [3.63, 3.8) is 0 Å². The Kier molecular flexibility index (Phi) is 2.93. The zero-order valence-electron chi connectivity index (χ0n) is 7.92. The number of benzene rings is 1. The predicted octanol–water partition coefficient (Wildman–Crippen LogP) is 1.81. The highest BCUT2D eigenvalue weighted by molar-refractivity contribution is 9.10. The summed E-state index contributed by atoms with van der Waals surface area (Å²) in [6, 6.07) is 5.76. The van der Waals surface area contributed by atoms with Crippen molar-refractivity contribution in [2.24, 2.45) is 0 Å². The molecule has 3 nitrogen and oxygen atoms in total. The average Bonchev–Trinajstić information content (AvgIpc) is 2.14. The molecule has 0 aromatic heterocycles. The van der Waals surface area contributed by atoms with Gasteiger partial charge in [-0.15, -0.1) is 0 Å². The number of hydrogen-bond acceptors (Lipinski definition) is 3. The van der Waals surface area contributed by atoms with Crippen LogP contribution in [0.25, 0.3) is 0 Å². The second-order valence-corrected chi connectivity index (χ2v) is 4.05. The Morgan fingerprint density at radius 3 is 2.79 bits per heavy atom. The van der Waals surface area contributed by atoms with Gasteiger partial charge in [0.25, 0.3) is 0 Å². The average molecular weight is 258 g/mol. The SMILES string of the molecule is COc1cc(OC2CNC2)ccc1Br. The molecule has 1 N–H and O–H groups in total. The van der Waals surface area contributed by atoms with Crippen molar-refractivity contribution >= 4 is 15.9 Å². The number of methoxy groups -OCH3 is 1. The molecule has 2 rings (SSSR count). The lowest BCUT2D eigenvalue weighted by molar-refractivity contribution is 0.142. The summed E-state index contributed by atoms with van der Waals surface area (Å²) < 4.78 is 11.8. The molecule has 1 aromatic rings. The van der Waals surface area contributed by atoms with Crippen LogP contribution in [0.4, 0.5) is 0 Å². The molecule has 0 unspecified atom stereocenters. The highest BCUT2D eigenvalue weighted by Crippen LogP contribution is 2.29. The maximum absolute atomic E-state index is 5.68. The van der Waals surface area contributed by atoms with Crippen molar-refractivity contribution in [3.8, 4) is 11.5 Å². The standard InChI is InChI=1S/C10H12BrNO2/c1-13-10-4-7(2-3-9(10)11)14-8-5-12-6-8/h2-4,8,12H,5-6H2,1H3. The van der Waals surface area contributed by atoms with Gasteiger partial charge in [-0.05, 0) is 28.1 Å². The molecule has 1 fully saturated rings. The van der Waals surface area contributed by atoms with Crippen LogP contribution < -0.4 is 14.8 Å². The zero-order valence-corrected chi connectivity index (χ0v) is 9.50. The summed E-state index contributed by atoms with van der Waals surface area (Å²) in [4.78, 5) is 0.